The summed E-state index contributed by atoms with van der Waals surface area (Å²) in [6, 6.07) is 6.65. The zero-order valence-corrected chi connectivity index (χ0v) is 23.1. The molecule has 10 nitrogen and oxygen atoms in total. The molecule has 0 fully saturated rings. The fourth-order valence-electron chi connectivity index (χ4n) is 2.94. The highest BCUT2D eigenvalue weighted by Crippen LogP contribution is 2.61. The molecule has 1 rings (SSSR count). The average Bonchev–Trinajstić information content (AvgIpc) is 2.75. The second kappa shape index (κ2) is 12.5. The molecular formula is C22H38N2O8P2. The Morgan fingerprint density at radius 1 is 0.853 bits per heavy atom. The summed E-state index contributed by atoms with van der Waals surface area (Å²) in [7, 11) is -7.58. The summed E-state index contributed by atoms with van der Waals surface area (Å²) in [6.07, 6.45) is 2.45. The second-order valence-electron chi connectivity index (χ2n) is 8.19. The number of rotatable bonds is 14. The van der Waals surface area contributed by atoms with Crippen LogP contribution in [0.5, 0.6) is 0 Å². The molecule has 1 aromatic rings. The highest BCUT2D eigenvalue weighted by molar-refractivity contribution is 7.55. The molecule has 0 saturated heterocycles. The van der Waals surface area contributed by atoms with Crippen molar-refractivity contribution in [3.8, 4) is 0 Å². The zero-order valence-electron chi connectivity index (χ0n) is 21.3. The van der Waals surface area contributed by atoms with Gasteiger partial charge < -0.3 is 28.4 Å². The lowest BCUT2D eigenvalue weighted by Gasteiger charge is -2.45. The summed E-state index contributed by atoms with van der Waals surface area (Å²) in [4.78, 5) is 13.1. The predicted molar refractivity (Wildman–Crippen MR) is 133 cm³/mol. The van der Waals surface area contributed by atoms with E-state index >= 15 is 0 Å². The van der Waals surface area contributed by atoms with Gasteiger partial charge in [0.05, 0.1) is 31.6 Å². The molecule has 0 radical (unpaired) electrons. The van der Waals surface area contributed by atoms with E-state index in [0.717, 1.165) is 0 Å². The van der Waals surface area contributed by atoms with E-state index in [1.807, 2.05) is 0 Å². The summed E-state index contributed by atoms with van der Waals surface area (Å²) < 4.78 is 48.5. The second-order valence-corrected chi connectivity index (χ2v) is 13.4. The molecule has 0 aliphatic rings. The highest BCUT2D eigenvalue weighted by Gasteiger charge is 2.55. The first-order valence-corrected chi connectivity index (χ1v) is 14.3. The normalized spacial score (nSPS) is 14.5. The molecule has 0 aliphatic heterocycles. The van der Waals surface area contributed by atoms with Gasteiger partial charge in [0.15, 0.2) is 0 Å². The van der Waals surface area contributed by atoms with Gasteiger partial charge in [-0.05, 0) is 53.8 Å². The van der Waals surface area contributed by atoms with E-state index in [1.165, 1.54) is 40.1 Å². The summed E-state index contributed by atoms with van der Waals surface area (Å²) >= 11 is 0. The Labute approximate surface area is 202 Å². The average molecular weight is 521 g/mol. The number of hydrogen-bond donors (Lipinski definition) is 0. The fraction of sp³-hybridized carbons (Fsp3) is 0.636. The van der Waals surface area contributed by atoms with Crippen molar-refractivity contribution in [2.75, 3.05) is 26.4 Å². The Hall–Kier alpha value is -1.38. The van der Waals surface area contributed by atoms with Gasteiger partial charge in [0.2, 0.25) is 6.20 Å². The quantitative estimate of drug-likeness (QED) is 0.195. The molecule has 0 amide bonds. The molecule has 0 N–H and O–H groups in total. The Bertz CT molecular complexity index is 1020. The van der Waals surface area contributed by atoms with Crippen molar-refractivity contribution in [3.05, 3.63) is 44.8 Å². The van der Waals surface area contributed by atoms with Crippen molar-refractivity contribution in [2.45, 2.75) is 65.9 Å². The summed E-state index contributed by atoms with van der Waals surface area (Å²) in [5, 5.41) is 11.3. The number of hydrogen-bond acceptors (Lipinski definition) is 9. The molecule has 0 spiro atoms. The van der Waals surface area contributed by atoms with Crippen molar-refractivity contribution in [1.29, 1.82) is 0 Å². The van der Waals surface area contributed by atoms with Gasteiger partial charge in [0.1, 0.15) is 5.28 Å². The topological polar surface area (TPSA) is 117 Å². The van der Waals surface area contributed by atoms with Crippen LogP contribution < -0.4 is 10.4 Å². The summed E-state index contributed by atoms with van der Waals surface area (Å²) in [6.45, 7) is 13.0. The first kappa shape index (κ1) is 30.7. The lowest BCUT2D eigenvalue weighted by molar-refractivity contribution is -0.503. The number of benzene rings is 1. The van der Waals surface area contributed by atoms with Gasteiger partial charge in [-0.2, -0.15) is 0 Å². The Balaban J connectivity index is 3.56. The minimum Gasteiger partial charge on any atom is -0.758 e. The maximum atomic E-state index is 13.3. The lowest BCUT2D eigenvalue weighted by Crippen LogP contribution is -2.41. The van der Waals surface area contributed by atoms with E-state index < -0.39 is 25.8 Å². The standard InChI is InChI=1S/C22H38N2O8P2/c1-9-29-33(27,30-10-2)21(5,6)23(25)17-19-15-13-14-16-20(19)18-24(26)22(7,8)34(28,31-11-3)32-12-4/h13-18H,9-12H2,1-8H3. The van der Waals surface area contributed by atoms with E-state index in [9.17, 15) is 19.2 Å². The molecule has 12 heteroatoms. The third-order valence-corrected chi connectivity index (χ3v) is 10.6. The van der Waals surface area contributed by atoms with Crippen LogP contribution in [0.2, 0.25) is 0 Å². The highest BCUT2D eigenvalue weighted by atomic mass is 31.2. The van der Waals surface area contributed by atoms with E-state index in [-0.39, 0.29) is 26.4 Å². The molecule has 1 aromatic carbocycles. The van der Waals surface area contributed by atoms with Gasteiger partial charge in [-0.1, -0.05) is 18.2 Å². The Morgan fingerprint density at radius 2 is 1.26 bits per heavy atom. The number of hydroxylamine groups is 2. The molecule has 0 aliphatic carbocycles. The molecule has 34 heavy (non-hydrogen) atoms. The largest absolute Gasteiger partial charge is 0.758 e. The predicted octanol–water partition coefficient (Wildman–Crippen LogP) is 4.75. The van der Waals surface area contributed by atoms with Gasteiger partial charge in [-0.3, -0.25) is 9.13 Å². The van der Waals surface area contributed by atoms with Crippen LogP contribution in [0.25, 0.3) is 12.4 Å². The van der Waals surface area contributed by atoms with Crippen LogP contribution >= 0.6 is 15.2 Å². The number of nitroso groups, excluding NO2 is 1. The van der Waals surface area contributed by atoms with E-state index in [0.29, 0.717) is 20.3 Å². The maximum absolute atomic E-state index is 13.3. The molecule has 0 unspecified atom stereocenters. The Morgan fingerprint density at radius 3 is 1.71 bits per heavy atom. The minimum atomic E-state index is -3.79. The van der Waals surface area contributed by atoms with Crippen LogP contribution in [-0.4, -0.2) is 46.8 Å². The molecule has 0 heterocycles. The molecule has 0 bridgehead atoms. The SMILES string of the molecule is CCOP(=O)(OCC)C(C)(C)N([O-])C=c1ccccc1=C[N+](=O)C(C)(C)P(=O)(OCC)OCC. The zero-order chi connectivity index (χ0) is 26.2. The minimum absolute atomic E-state index is 0.110. The van der Waals surface area contributed by atoms with Crippen molar-refractivity contribution in [3.63, 3.8) is 0 Å². The van der Waals surface area contributed by atoms with Crippen LogP contribution in [0.15, 0.2) is 24.3 Å². The smallest absolute Gasteiger partial charge is 0.405 e. The summed E-state index contributed by atoms with van der Waals surface area (Å²) in [5.41, 5.74) is 0. The lowest BCUT2D eigenvalue weighted by atomic mass is 10.2. The molecule has 0 saturated carbocycles. The van der Waals surface area contributed by atoms with Crippen LogP contribution in [0.4, 0.5) is 0 Å². The fourth-order valence-corrected chi connectivity index (χ4v) is 6.31. The number of nitrogens with zero attached hydrogens (tertiary/aromatic N) is 2. The molecule has 194 valence electrons. The van der Waals surface area contributed by atoms with Crippen LogP contribution in [-0.2, 0) is 27.2 Å². The molecule has 0 atom stereocenters. The van der Waals surface area contributed by atoms with Gasteiger partial charge >= 0.3 is 20.5 Å². The third-order valence-electron chi connectivity index (χ3n) is 5.12. The first-order valence-electron chi connectivity index (χ1n) is 11.3. The van der Waals surface area contributed by atoms with E-state index in [2.05, 4.69) is 0 Å². The monoisotopic (exact) mass is 520 g/mol. The third kappa shape index (κ3) is 6.64. The first-order chi connectivity index (χ1) is 15.8. The van der Waals surface area contributed by atoms with Crippen molar-refractivity contribution >= 4 is 27.6 Å². The van der Waals surface area contributed by atoms with Crippen molar-refractivity contribution < 1.29 is 32.0 Å². The summed E-state index contributed by atoms with van der Waals surface area (Å²) in [5.74, 6) is 0. The van der Waals surface area contributed by atoms with Gasteiger partial charge in [-0.15, -0.1) is 0 Å². The van der Waals surface area contributed by atoms with Crippen LogP contribution in [0.1, 0.15) is 55.4 Å². The molecular weight excluding hydrogens is 482 g/mol. The van der Waals surface area contributed by atoms with Gasteiger partial charge in [0, 0.05) is 28.7 Å². The maximum Gasteiger partial charge on any atom is 0.405 e. The van der Waals surface area contributed by atoms with Crippen molar-refractivity contribution in [2.24, 2.45) is 0 Å². The van der Waals surface area contributed by atoms with Crippen LogP contribution in [0.3, 0.4) is 0 Å². The van der Waals surface area contributed by atoms with Crippen molar-refractivity contribution in [1.82, 2.24) is 5.06 Å². The van der Waals surface area contributed by atoms with E-state index in [1.54, 1.807) is 52.0 Å². The van der Waals surface area contributed by atoms with Gasteiger partial charge in [-0.25, -0.2) is 0 Å². The van der Waals surface area contributed by atoms with Gasteiger partial charge in [0.25, 0.3) is 0 Å². The van der Waals surface area contributed by atoms with E-state index in [4.69, 9.17) is 18.1 Å². The Kier molecular flexibility index (Phi) is 11.3. The molecule has 0 aromatic heterocycles. The van der Waals surface area contributed by atoms with Crippen LogP contribution in [0, 0.1) is 10.1 Å².